The Morgan fingerprint density at radius 2 is 1.86 bits per heavy atom. The second kappa shape index (κ2) is 6.12. The highest BCUT2D eigenvalue weighted by Gasteiger charge is 2.15. The highest BCUT2D eigenvalue weighted by molar-refractivity contribution is 5.50. The van der Waals surface area contributed by atoms with Crippen molar-refractivity contribution in [3.8, 4) is 0 Å². The van der Waals surface area contributed by atoms with Gasteiger partial charge >= 0.3 is 0 Å². The van der Waals surface area contributed by atoms with Crippen molar-refractivity contribution in [2.24, 2.45) is 0 Å². The monoisotopic (exact) mass is 282 g/mol. The largest absolute Gasteiger partial charge is 0.366 e. The number of nitrogens with zero attached hydrogens (tertiary/aromatic N) is 3. The van der Waals surface area contributed by atoms with Crippen LogP contribution in [0.1, 0.15) is 29.8 Å². The van der Waals surface area contributed by atoms with E-state index < -0.39 is 0 Å². The number of nitrogens with one attached hydrogen (secondary N) is 1. The summed E-state index contributed by atoms with van der Waals surface area (Å²) in [6.07, 6.45) is 2.52. The lowest BCUT2D eigenvalue weighted by atomic mass is 10.1. The average molecular weight is 282 g/mol. The molecule has 1 saturated heterocycles. The van der Waals surface area contributed by atoms with E-state index in [1.165, 1.54) is 24.0 Å². The fraction of sp³-hybridized carbons (Fsp3) is 0.412. The topological polar surface area (TPSA) is 41.1 Å². The number of hydrogen-bond donors (Lipinski definition) is 1. The van der Waals surface area contributed by atoms with Crippen molar-refractivity contribution >= 4 is 11.6 Å². The van der Waals surface area contributed by atoms with Crippen LogP contribution in [0.15, 0.2) is 30.3 Å². The molecule has 0 saturated carbocycles. The second-order valence-electron chi connectivity index (χ2n) is 5.63. The minimum absolute atomic E-state index is 0.794. The van der Waals surface area contributed by atoms with Crippen LogP contribution in [-0.4, -0.2) is 23.1 Å². The first-order valence-electron chi connectivity index (χ1n) is 7.61. The lowest BCUT2D eigenvalue weighted by molar-refractivity contribution is 0.907. The molecule has 2 heterocycles. The quantitative estimate of drug-likeness (QED) is 0.934. The van der Waals surface area contributed by atoms with E-state index >= 15 is 0 Å². The Morgan fingerprint density at radius 3 is 2.62 bits per heavy atom. The number of anilines is 2. The molecule has 0 radical (unpaired) electrons. The van der Waals surface area contributed by atoms with Crippen LogP contribution in [0.4, 0.5) is 11.6 Å². The van der Waals surface area contributed by atoms with Crippen LogP contribution >= 0.6 is 0 Å². The zero-order valence-electron chi connectivity index (χ0n) is 12.8. The van der Waals surface area contributed by atoms with Crippen molar-refractivity contribution < 1.29 is 0 Å². The smallest absolute Gasteiger partial charge is 0.134 e. The summed E-state index contributed by atoms with van der Waals surface area (Å²) in [4.78, 5) is 11.4. The molecule has 0 spiro atoms. The predicted molar refractivity (Wildman–Crippen MR) is 86.7 cm³/mol. The summed E-state index contributed by atoms with van der Waals surface area (Å²) in [7, 11) is 0. The van der Waals surface area contributed by atoms with Gasteiger partial charge in [0, 0.05) is 25.7 Å². The van der Waals surface area contributed by atoms with E-state index in [0.29, 0.717) is 0 Å². The first-order valence-corrected chi connectivity index (χ1v) is 7.61. The van der Waals surface area contributed by atoms with Crippen molar-refractivity contribution in [3.05, 3.63) is 47.3 Å². The molecular formula is C17H22N4. The molecule has 4 nitrogen and oxygen atoms in total. The third kappa shape index (κ3) is 3.32. The van der Waals surface area contributed by atoms with Crippen molar-refractivity contribution in [2.45, 2.75) is 33.2 Å². The molecule has 1 aliphatic rings. The lowest BCUT2D eigenvalue weighted by Gasteiger charge is -2.18. The van der Waals surface area contributed by atoms with Gasteiger partial charge in [-0.3, -0.25) is 0 Å². The summed E-state index contributed by atoms with van der Waals surface area (Å²) in [5.41, 5.74) is 2.60. The molecule has 1 fully saturated rings. The van der Waals surface area contributed by atoms with E-state index in [4.69, 9.17) is 0 Å². The van der Waals surface area contributed by atoms with E-state index in [2.05, 4.69) is 57.4 Å². The summed E-state index contributed by atoms with van der Waals surface area (Å²) in [6, 6.07) is 10.5. The van der Waals surface area contributed by atoms with Gasteiger partial charge in [-0.1, -0.05) is 24.3 Å². The molecule has 4 heteroatoms. The van der Waals surface area contributed by atoms with E-state index in [-0.39, 0.29) is 0 Å². The van der Waals surface area contributed by atoms with Crippen molar-refractivity contribution in [2.75, 3.05) is 23.3 Å². The average Bonchev–Trinajstić information content (AvgIpc) is 3.00. The highest BCUT2D eigenvalue weighted by Crippen LogP contribution is 2.21. The van der Waals surface area contributed by atoms with E-state index in [1.807, 2.05) is 6.92 Å². The fourth-order valence-corrected chi connectivity index (χ4v) is 2.74. The maximum absolute atomic E-state index is 4.56. The van der Waals surface area contributed by atoms with Crippen LogP contribution in [0.3, 0.4) is 0 Å². The molecule has 1 aromatic carbocycles. The van der Waals surface area contributed by atoms with Gasteiger partial charge in [-0.2, -0.15) is 0 Å². The summed E-state index contributed by atoms with van der Waals surface area (Å²) >= 11 is 0. The van der Waals surface area contributed by atoms with Crippen molar-refractivity contribution in [3.63, 3.8) is 0 Å². The van der Waals surface area contributed by atoms with Crippen LogP contribution in [-0.2, 0) is 6.54 Å². The Bertz CT molecular complexity index is 618. The molecule has 3 rings (SSSR count). The van der Waals surface area contributed by atoms with E-state index in [1.54, 1.807) is 0 Å². The van der Waals surface area contributed by atoms with Crippen LogP contribution in [0, 0.1) is 13.8 Å². The van der Waals surface area contributed by atoms with E-state index in [9.17, 15) is 0 Å². The second-order valence-corrected chi connectivity index (χ2v) is 5.63. The number of benzene rings is 1. The molecule has 1 N–H and O–H groups in total. The van der Waals surface area contributed by atoms with Gasteiger partial charge in [0.2, 0.25) is 0 Å². The summed E-state index contributed by atoms with van der Waals surface area (Å²) in [6.45, 7) is 7.10. The molecule has 0 bridgehead atoms. The third-order valence-corrected chi connectivity index (χ3v) is 3.98. The first kappa shape index (κ1) is 13.9. The third-order valence-electron chi connectivity index (χ3n) is 3.98. The molecular weight excluding hydrogens is 260 g/mol. The number of hydrogen-bond acceptors (Lipinski definition) is 4. The van der Waals surface area contributed by atoms with Crippen LogP contribution in [0.5, 0.6) is 0 Å². The van der Waals surface area contributed by atoms with Gasteiger partial charge in [0.05, 0.1) is 0 Å². The predicted octanol–water partition coefficient (Wildman–Crippen LogP) is 3.31. The van der Waals surface area contributed by atoms with Gasteiger partial charge < -0.3 is 10.2 Å². The summed E-state index contributed by atoms with van der Waals surface area (Å²) in [5, 5.41) is 3.43. The lowest BCUT2D eigenvalue weighted by Crippen LogP contribution is -2.20. The van der Waals surface area contributed by atoms with E-state index in [0.717, 1.165) is 37.1 Å². The molecule has 0 atom stereocenters. The SMILES string of the molecule is Cc1nc(NCc2ccccc2C)cc(N2CCCC2)n1. The van der Waals surface area contributed by atoms with Crippen LogP contribution in [0.2, 0.25) is 0 Å². The Hall–Kier alpha value is -2.10. The zero-order valence-corrected chi connectivity index (χ0v) is 12.8. The minimum atomic E-state index is 0.794. The van der Waals surface area contributed by atoms with Gasteiger partial charge in [-0.25, -0.2) is 9.97 Å². The molecule has 110 valence electrons. The van der Waals surface area contributed by atoms with Gasteiger partial charge in [0.1, 0.15) is 17.5 Å². The Labute approximate surface area is 126 Å². The number of aryl methyl sites for hydroxylation is 2. The number of aromatic nitrogens is 2. The van der Waals surface area contributed by atoms with Gasteiger partial charge in [-0.05, 0) is 37.8 Å². The maximum Gasteiger partial charge on any atom is 0.134 e. The highest BCUT2D eigenvalue weighted by atomic mass is 15.2. The Morgan fingerprint density at radius 1 is 1.10 bits per heavy atom. The van der Waals surface area contributed by atoms with Gasteiger partial charge in [0.15, 0.2) is 0 Å². The Balaban J connectivity index is 1.74. The van der Waals surface area contributed by atoms with Crippen LogP contribution < -0.4 is 10.2 Å². The first-order chi connectivity index (χ1) is 10.2. The minimum Gasteiger partial charge on any atom is -0.366 e. The molecule has 1 aliphatic heterocycles. The molecule has 0 amide bonds. The zero-order chi connectivity index (χ0) is 14.7. The molecule has 0 aliphatic carbocycles. The number of rotatable bonds is 4. The van der Waals surface area contributed by atoms with Gasteiger partial charge in [0.25, 0.3) is 0 Å². The van der Waals surface area contributed by atoms with Crippen molar-refractivity contribution in [1.29, 1.82) is 0 Å². The fourth-order valence-electron chi connectivity index (χ4n) is 2.74. The Kier molecular flexibility index (Phi) is 4.04. The molecule has 2 aromatic rings. The summed E-state index contributed by atoms with van der Waals surface area (Å²) in [5.74, 6) is 2.78. The van der Waals surface area contributed by atoms with Gasteiger partial charge in [-0.15, -0.1) is 0 Å². The normalized spacial score (nSPS) is 14.5. The van der Waals surface area contributed by atoms with Crippen LogP contribution in [0.25, 0.3) is 0 Å². The van der Waals surface area contributed by atoms with Crippen molar-refractivity contribution in [1.82, 2.24) is 9.97 Å². The molecule has 1 aromatic heterocycles. The maximum atomic E-state index is 4.56. The standard InChI is InChI=1S/C17H22N4/c1-13-7-3-4-8-15(13)12-18-16-11-17(20-14(2)19-16)21-9-5-6-10-21/h3-4,7-8,11H,5-6,9-10,12H2,1-2H3,(H,18,19,20). The summed E-state index contributed by atoms with van der Waals surface area (Å²) < 4.78 is 0. The molecule has 0 unspecified atom stereocenters. The molecule has 21 heavy (non-hydrogen) atoms.